The lowest BCUT2D eigenvalue weighted by molar-refractivity contribution is -0.147. The van der Waals surface area contributed by atoms with Crippen molar-refractivity contribution in [2.24, 2.45) is 28.4 Å². The number of ether oxygens (including phenoxy) is 1. The van der Waals surface area contributed by atoms with Crippen LogP contribution in [0.5, 0.6) is 0 Å². The van der Waals surface area contributed by atoms with E-state index >= 15 is 0 Å². The number of nitrogens with two attached hydrogens (primary N) is 1. The van der Waals surface area contributed by atoms with Crippen molar-refractivity contribution in [2.45, 2.75) is 79.1 Å². The van der Waals surface area contributed by atoms with Crippen molar-refractivity contribution in [2.75, 3.05) is 13.1 Å². The molecule has 1 aliphatic heterocycles. The highest BCUT2D eigenvalue weighted by molar-refractivity contribution is 6.36. The molecule has 0 radical (unpaired) electrons. The molecule has 42 heavy (non-hydrogen) atoms. The molecule has 2 aliphatic rings. The third-order valence-electron chi connectivity index (χ3n) is 8.24. The monoisotopic (exact) mass is 585 g/mol. The molecule has 1 unspecified atom stereocenters. The molecule has 1 heterocycles. The number of carbonyl (C=O) groups excluding carboxylic acids is 6. The maximum absolute atomic E-state index is 13.9. The molecule has 12 heteroatoms. The van der Waals surface area contributed by atoms with E-state index in [9.17, 15) is 28.8 Å². The molecule has 0 aromatic heterocycles. The van der Waals surface area contributed by atoms with E-state index in [0.29, 0.717) is 19.4 Å². The third kappa shape index (κ3) is 7.46. The highest BCUT2D eigenvalue weighted by Gasteiger charge is 2.69. The third-order valence-corrected chi connectivity index (χ3v) is 8.24. The Morgan fingerprint density at radius 2 is 1.71 bits per heavy atom. The van der Waals surface area contributed by atoms with E-state index in [1.807, 2.05) is 51.1 Å². The molecule has 1 aromatic carbocycles. The van der Waals surface area contributed by atoms with E-state index in [2.05, 4.69) is 16.0 Å². The van der Waals surface area contributed by atoms with Gasteiger partial charge in [-0.25, -0.2) is 9.59 Å². The molecular weight excluding hydrogens is 542 g/mol. The van der Waals surface area contributed by atoms with E-state index in [1.54, 1.807) is 20.8 Å². The molecule has 5 N–H and O–H groups in total. The largest absolute Gasteiger partial charge is 0.459 e. The molecule has 5 amide bonds. The summed E-state index contributed by atoms with van der Waals surface area (Å²) in [5.74, 6) is -3.79. The second-order valence-corrected chi connectivity index (χ2v) is 12.7. The van der Waals surface area contributed by atoms with E-state index in [-0.39, 0.29) is 23.9 Å². The number of carbonyl (C=O) groups is 6. The van der Waals surface area contributed by atoms with Gasteiger partial charge in [0, 0.05) is 6.54 Å². The lowest BCUT2D eigenvalue weighted by Gasteiger charge is -2.37. The summed E-state index contributed by atoms with van der Waals surface area (Å²) in [6.45, 7) is 11.1. The molecule has 2 fully saturated rings. The number of Topliss-reactive ketones (excluding diaryl/α,β-unsaturated/α-hetero) is 1. The lowest BCUT2D eigenvalue weighted by Crippen LogP contribution is -2.61. The predicted molar refractivity (Wildman–Crippen MR) is 153 cm³/mol. The molecule has 3 rings (SSSR count). The highest BCUT2D eigenvalue weighted by atomic mass is 16.5. The Morgan fingerprint density at radius 1 is 1.07 bits per heavy atom. The first-order valence-electron chi connectivity index (χ1n) is 14.3. The number of nitrogens with zero attached hydrogens (tertiary/aromatic N) is 1. The van der Waals surface area contributed by atoms with Gasteiger partial charge in [-0.1, -0.05) is 78.3 Å². The number of ketones is 1. The molecular formula is C30H43N5O7. The zero-order valence-electron chi connectivity index (χ0n) is 25.2. The van der Waals surface area contributed by atoms with Crippen LogP contribution in [0.25, 0.3) is 0 Å². The minimum Gasteiger partial charge on any atom is -0.459 e. The van der Waals surface area contributed by atoms with Gasteiger partial charge in [0.1, 0.15) is 24.7 Å². The van der Waals surface area contributed by atoms with Crippen molar-refractivity contribution in [3.63, 3.8) is 0 Å². The van der Waals surface area contributed by atoms with E-state index in [1.165, 1.54) is 4.90 Å². The molecule has 12 nitrogen and oxygen atoms in total. The first-order chi connectivity index (χ1) is 19.6. The second kappa shape index (κ2) is 12.9. The predicted octanol–water partition coefficient (Wildman–Crippen LogP) is 1.27. The zero-order chi connectivity index (χ0) is 31.4. The van der Waals surface area contributed by atoms with Crippen LogP contribution < -0.4 is 21.7 Å². The van der Waals surface area contributed by atoms with Gasteiger partial charge in [0.15, 0.2) is 0 Å². The van der Waals surface area contributed by atoms with Gasteiger partial charge in [0.05, 0.1) is 6.54 Å². The quantitative estimate of drug-likeness (QED) is 0.211. The van der Waals surface area contributed by atoms with Gasteiger partial charge in [-0.05, 0) is 34.7 Å². The number of piperidine rings is 1. The SMILES string of the molecule is CCC[C@H](NC(=O)N[C@H](C(=O)N1CC2[C@@H]([C@H]1C(=O)NCC(=O)C(N)=O)C2(C)C)C(C)(C)C)C(=O)OCc1ccccc1. The topological polar surface area (TPSA) is 177 Å². The Morgan fingerprint density at radius 3 is 2.29 bits per heavy atom. The molecule has 5 atom stereocenters. The van der Waals surface area contributed by atoms with Gasteiger partial charge in [0.2, 0.25) is 17.6 Å². The van der Waals surface area contributed by atoms with Crippen LogP contribution in [0, 0.1) is 22.7 Å². The molecule has 230 valence electrons. The van der Waals surface area contributed by atoms with Gasteiger partial charge in [0.25, 0.3) is 5.91 Å². The molecule has 0 spiro atoms. The Balaban J connectivity index is 1.71. The number of likely N-dealkylation sites (tertiary alicyclic amines) is 1. The van der Waals surface area contributed by atoms with Crippen LogP contribution in [0.1, 0.15) is 59.9 Å². The first-order valence-corrected chi connectivity index (χ1v) is 14.3. The van der Waals surface area contributed by atoms with Crippen LogP contribution in [0.15, 0.2) is 30.3 Å². The number of benzene rings is 1. The van der Waals surface area contributed by atoms with Crippen molar-refractivity contribution in [1.29, 1.82) is 0 Å². The van der Waals surface area contributed by atoms with E-state index in [4.69, 9.17) is 10.5 Å². The van der Waals surface area contributed by atoms with Crippen LogP contribution in [0.3, 0.4) is 0 Å². The van der Waals surface area contributed by atoms with Crippen molar-refractivity contribution in [3.05, 3.63) is 35.9 Å². The van der Waals surface area contributed by atoms with Gasteiger partial charge < -0.3 is 31.3 Å². The number of hydrogen-bond acceptors (Lipinski definition) is 7. The van der Waals surface area contributed by atoms with Gasteiger partial charge in [-0.3, -0.25) is 19.2 Å². The average molecular weight is 586 g/mol. The minimum atomic E-state index is -1.16. The maximum Gasteiger partial charge on any atom is 0.329 e. The van der Waals surface area contributed by atoms with E-state index in [0.717, 1.165) is 5.56 Å². The number of esters is 1. The van der Waals surface area contributed by atoms with Crippen LogP contribution in [0.2, 0.25) is 0 Å². The number of nitrogens with one attached hydrogen (secondary N) is 3. The van der Waals surface area contributed by atoms with Gasteiger partial charge >= 0.3 is 12.0 Å². The smallest absolute Gasteiger partial charge is 0.329 e. The lowest BCUT2D eigenvalue weighted by atomic mass is 9.85. The number of fused-ring (bicyclic) bond motifs is 1. The van der Waals surface area contributed by atoms with E-state index < -0.39 is 65.6 Å². The summed E-state index contributed by atoms with van der Waals surface area (Å²) in [5, 5.41) is 7.83. The molecule has 1 aliphatic carbocycles. The summed E-state index contributed by atoms with van der Waals surface area (Å²) in [5.41, 5.74) is 4.86. The number of primary amides is 1. The van der Waals surface area contributed by atoms with Crippen molar-refractivity contribution in [1.82, 2.24) is 20.9 Å². The normalized spacial score (nSPS) is 21.8. The summed E-state index contributed by atoms with van der Waals surface area (Å²) < 4.78 is 5.42. The molecule has 0 bridgehead atoms. The van der Waals surface area contributed by atoms with Crippen molar-refractivity contribution < 1.29 is 33.5 Å². The van der Waals surface area contributed by atoms with Crippen molar-refractivity contribution in [3.8, 4) is 0 Å². The summed E-state index contributed by atoms with van der Waals surface area (Å²) in [4.78, 5) is 77.4. The van der Waals surface area contributed by atoms with Crippen LogP contribution >= 0.6 is 0 Å². The molecule has 1 saturated heterocycles. The summed E-state index contributed by atoms with van der Waals surface area (Å²) >= 11 is 0. The maximum atomic E-state index is 13.9. The van der Waals surface area contributed by atoms with Crippen LogP contribution in [-0.4, -0.2) is 71.6 Å². The second-order valence-electron chi connectivity index (χ2n) is 12.7. The molecule has 1 aromatic rings. The average Bonchev–Trinajstić information content (AvgIpc) is 3.23. The number of rotatable bonds is 12. The highest BCUT2D eigenvalue weighted by Crippen LogP contribution is 2.65. The zero-order valence-corrected chi connectivity index (χ0v) is 25.2. The van der Waals surface area contributed by atoms with Crippen molar-refractivity contribution >= 4 is 35.5 Å². The standard InChI is InChI=1S/C30H43N5O7/c1-7-11-19(27(40)42-16-17-12-9-8-10-13-17)33-28(41)34-23(29(2,3)4)26(39)35-15-18-21(30(18,5)6)22(35)25(38)32-14-20(36)24(31)37/h8-10,12-13,18-19,21-23H,7,11,14-16H2,1-6H3,(H2,31,37)(H,32,38)(H2,33,34,41)/t18?,19-,21-,22-,23+/m0/s1. The van der Waals surface area contributed by atoms with Crippen LogP contribution in [0.4, 0.5) is 4.79 Å². The summed E-state index contributed by atoms with van der Waals surface area (Å²) in [6.07, 6.45) is 0.945. The Bertz CT molecular complexity index is 1210. The Labute approximate surface area is 246 Å². The summed E-state index contributed by atoms with van der Waals surface area (Å²) in [7, 11) is 0. The summed E-state index contributed by atoms with van der Waals surface area (Å²) in [6, 6.07) is 5.63. The van der Waals surface area contributed by atoms with Crippen LogP contribution in [-0.2, 0) is 35.3 Å². The Hall–Kier alpha value is -3.96. The first kappa shape index (κ1) is 32.6. The fourth-order valence-electron chi connectivity index (χ4n) is 5.68. The van der Waals surface area contributed by atoms with Gasteiger partial charge in [-0.2, -0.15) is 0 Å². The Kier molecular flexibility index (Phi) is 10.0. The minimum absolute atomic E-state index is 0.0619. The number of amides is 5. The van der Waals surface area contributed by atoms with Gasteiger partial charge in [-0.15, -0.1) is 0 Å². The fourth-order valence-corrected chi connectivity index (χ4v) is 5.68. The number of hydrogen-bond donors (Lipinski definition) is 4. The number of urea groups is 1. The molecule has 1 saturated carbocycles. The fraction of sp³-hybridized carbons (Fsp3) is 0.600.